The van der Waals surface area contributed by atoms with Gasteiger partial charge in [0.15, 0.2) is 5.75 Å². The third kappa shape index (κ3) is 4.00. The predicted molar refractivity (Wildman–Crippen MR) is 109 cm³/mol. The van der Waals surface area contributed by atoms with E-state index in [0.29, 0.717) is 32.8 Å². The second-order valence-electron chi connectivity index (χ2n) is 5.44. The van der Waals surface area contributed by atoms with Gasteiger partial charge < -0.3 is 10.1 Å². The van der Waals surface area contributed by atoms with Crippen molar-refractivity contribution < 1.29 is 9.53 Å². The third-order valence-corrected chi connectivity index (χ3v) is 5.45. The second-order valence-corrected chi connectivity index (χ2v) is 7.58. The third-order valence-electron chi connectivity index (χ3n) is 3.61. The van der Waals surface area contributed by atoms with Crippen LogP contribution in [0.5, 0.6) is 11.5 Å². The standard InChI is InChI=1S/C19H12ClN3O2S2/c20-12-8-9-15(25-13-5-2-1-3-6-13)14(11-12)21-19(24)18-17(22-23-27-18)16-7-4-10-26-16/h1-11H,(H,21,24). The molecule has 134 valence electrons. The van der Waals surface area contributed by atoms with Crippen molar-refractivity contribution in [3.05, 3.63) is 75.9 Å². The van der Waals surface area contributed by atoms with Crippen molar-refractivity contribution >= 4 is 46.1 Å². The van der Waals surface area contributed by atoms with Gasteiger partial charge in [-0.05, 0) is 53.3 Å². The Bertz CT molecular complexity index is 1070. The van der Waals surface area contributed by atoms with Crippen LogP contribution in [0.3, 0.4) is 0 Å². The Morgan fingerprint density at radius 1 is 1.07 bits per heavy atom. The van der Waals surface area contributed by atoms with Crippen LogP contribution in [0.1, 0.15) is 9.67 Å². The summed E-state index contributed by atoms with van der Waals surface area (Å²) in [4.78, 5) is 14.2. The van der Waals surface area contributed by atoms with Crippen molar-refractivity contribution in [1.82, 2.24) is 9.59 Å². The molecular formula is C19H12ClN3O2S2. The summed E-state index contributed by atoms with van der Waals surface area (Å²) in [5.74, 6) is 0.844. The number of halogens is 1. The molecule has 0 bridgehead atoms. The van der Waals surface area contributed by atoms with Crippen LogP contribution < -0.4 is 10.1 Å². The summed E-state index contributed by atoms with van der Waals surface area (Å²) in [5, 5.41) is 9.37. The van der Waals surface area contributed by atoms with Crippen molar-refractivity contribution in [2.45, 2.75) is 0 Å². The molecule has 0 atom stereocenters. The summed E-state index contributed by atoms with van der Waals surface area (Å²) in [6.07, 6.45) is 0. The molecule has 0 unspecified atom stereocenters. The van der Waals surface area contributed by atoms with E-state index in [2.05, 4.69) is 14.9 Å². The summed E-state index contributed by atoms with van der Waals surface area (Å²) < 4.78 is 9.81. The van der Waals surface area contributed by atoms with Crippen molar-refractivity contribution in [3.8, 4) is 22.1 Å². The SMILES string of the molecule is O=C(Nc1cc(Cl)ccc1Oc1ccccc1)c1snnc1-c1cccs1. The van der Waals surface area contributed by atoms with E-state index in [1.54, 1.807) is 18.2 Å². The van der Waals surface area contributed by atoms with Crippen molar-refractivity contribution in [1.29, 1.82) is 0 Å². The van der Waals surface area contributed by atoms with Crippen molar-refractivity contribution in [2.24, 2.45) is 0 Å². The smallest absolute Gasteiger partial charge is 0.269 e. The number of nitrogens with zero attached hydrogens (tertiary/aromatic N) is 2. The minimum atomic E-state index is -0.312. The molecule has 5 nitrogen and oxygen atoms in total. The number of aromatic nitrogens is 2. The van der Waals surface area contributed by atoms with Crippen LogP contribution in [0.2, 0.25) is 5.02 Å². The molecule has 1 N–H and O–H groups in total. The van der Waals surface area contributed by atoms with Gasteiger partial charge in [0.25, 0.3) is 5.91 Å². The van der Waals surface area contributed by atoms with Gasteiger partial charge in [-0.2, -0.15) is 0 Å². The average molecular weight is 414 g/mol. The van der Waals surface area contributed by atoms with Crippen LogP contribution in [0.15, 0.2) is 66.0 Å². The fourth-order valence-corrected chi connectivity index (χ4v) is 3.93. The van der Waals surface area contributed by atoms with E-state index in [9.17, 15) is 4.79 Å². The average Bonchev–Trinajstić information content (AvgIpc) is 3.36. The summed E-state index contributed by atoms with van der Waals surface area (Å²) in [6.45, 7) is 0. The molecule has 4 rings (SSSR count). The molecule has 1 amide bonds. The zero-order chi connectivity index (χ0) is 18.6. The fraction of sp³-hybridized carbons (Fsp3) is 0. The topological polar surface area (TPSA) is 64.1 Å². The number of hydrogen-bond acceptors (Lipinski definition) is 6. The highest BCUT2D eigenvalue weighted by atomic mass is 35.5. The summed E-state index contributed by atoms with van der Waals surface area (Å²) in [6, 6.07) is 18.2. The highest BCUT2D eigenvalue weighted by Gasteiger charge is 2.20. The molecule has 2 heterocycles. The highest BCUT2D eigenvalue weighted by Crippen LogP contribution is 2.34. The number of thiophene rings is 1. The zero-order valence-electron chi connectivity index (χ0n) is 13.8. The van der Waals surface area contributed by atoms with Gasteiger partial charge in [-0.15, -0.1) is 16.4 Å². The van der Waals surface area contributed by atoms with E-state index in [-0.39, 0.29) is 5.91 Å². The number of carbonyl (C=O) groups is 1. The van der Waals surface area contributed by atoms with Crippen LogP contribution in [0.25, 0.3) is 10.6 Å². The Balaban J connectivity index is 1.62. The van der Waals surface area contributed by atoms with Gasteiger partial charge in [0.2, 0.25) is 0 Å². The lowest BCUT2D eigenvalue weighted by molar-refractivity contribution is 0.103. The molecule has 8 heteroatoms. The number of carbonyl (C=O) groups excluding carboxylic acids is 1. The second kappa shape index (κ2) is 7.87. The van der Waals surface area contributed by atoms with Crippen LogP contribution in [-0.4, -0.2) is 15.5 Å². The number of ether oxygens (including phenoxy) is 1. The maximum Gasteiger partial charge on any atom is 0.269 e. The molecule has 0 radical (unpaired) electrons. The molecule has 0 spiro atoms. The van der Waals surface area contributed by atoms with Crippen LogP contribution in [0.4, 0.5) is 5.69 Å². The maximum absolute atomic E-state index is 12.8. The lowest BCUT2D eigenvalue weighted by atomic mass is 10.2. The first kappa shape index (κ1) is 17.7. The molecule has 2 aromatic carbocycles. The minimum absolute atomic E-state index is 0.312. The Hall–Kier alpha value is -2.74. The first-order chi connectivity index (χ1) is 13.2. The molecule has 0 aliphatic rings. The number of amides is 1. The van der Waals surface area contributed by atoms with Crippen molar-refractivity contribution in [3.63, 3.8) is 0 Å². The van der Waals surface area contributed by atoms with Gasteiger partial charge in [0.05, 0.1) is 10.6 Å². The van der Waals surface area contributed by atoms with Gasteiger partial charge in [-0.1, -0.05) is 40.4 Å². The molecule has 2 aromatic heterocycles. The van der Waals surface area contributed by atoms with E-state index in [4.69, 9.17) is 16.3 Å². The van der Waals surface area contributed by atoms with E-state index < -0.39 is 0 Å². The highest BCUT2D eigenvalue weighted by molar-refractivity contribution is 7.14. The molecule has 0 aliphatic carbocycles. The van der Waals surface area contributed by atoms with Crippen LogP contribution in [-0.2, 0) is 0 Å². The Kier molecular flexibility index (Phi) is 5.15. The number of para-hydroxylation sites is 1. The summed E-state index contributed by atoms with van der Waals surface area (Å²) in [5.41, 5.74) is 1.04. The molecule has 0 saturated heterocycles. The van der Waals surface area contributed by atoms with Gasteiger partial charge in [0, 0.05) is 5.02 Å². The number of nitrogens with one attached hydrogen (secondary N) is 1. The monoisotopic (exact) mass is 413 g/mol. The van der Waals surface area contributed by atoms with Gasteiger partial charge in [0.1, 0.15) is 16.3 Å². The molecule has 0 aliphatic heterocycles. The molecule has 0 fully saturated rings. The van der Waals surface area contributed by atoms with E-state index in [1.165, 1.54) is 11.3 Å². The van der Waals surface area contributed by atoms with Gasteiger partial charge in [-0.3, -0.25) is 4.79 Å². The molecule has 4 aromatic rings. The quantitative estimate of drug-likeness (QED) is 0.438. The Morgan fingerprint density at radius 2 is 1.93 bits per heavy atom. The maximum atomic E-state index is 12.8. The molecule has 27 heavy (non-hydrogen) atoms. The largest absolute Gasteiger partial charge is 0.455 e. The van der Waals surface area contributed by atoms with Gasteiger partial charge in [-0.25, -0.2) is 0 Å². The number of benzene rings is 2. The predicted octanol–water partition coefficient (Wildman–Crippen LogP) is 5.96. The summed E-state index contributed by atoms with van der Waals surface area (Å²) in [7, 11) is 0. The van der Waals surface area contributed by atoms with Crippen molar-refractivity contribution in [2.75, 3.05) is 5.32 Å². The van der Waals surface area contributed by atoms with E-state index in [0.717, 1.165) is 16.4 Å². The number of rotatable bonds is 5. The normalized spacial score (nSPS) is 10.6. The van der Waals surface area contributed by atoms with E-state index in [1.807, 2.05) is 47.8 Å². The Labute approximate surface area is 168 Å². The first-order valence-corrected chi connectivity index (χ1v) is 9.94. The summed E-state index contributed by atoms with van der Waals surface area (Å²) >= 11 is 8.67. The fourth-order valence-electron chi connectivity index (χ4n) is 2.40. The number of hydrogen-bond donors (Lipinski definition) is 1. The van der Waals surface area contributed by atoms with Crippen LogP contribution >= 0.6 is 34.5 Å². The van der Waals surface area contributed by atoms with Gasteiger partial charge >= 0.3 is 0 Å². The Morgan fingerprint density at radius 3 is 2.70 bits per heavy atom. The van der Waals surface area contributed by atoms with Crippen LogP contribution in [0, 0.1) is 0 Å². The minimum Gasteiger partial charge on any atom is -0.455 e. The zero-order valence-corrected chi connectivity index (χ0v) is 16.1. The number of anilines is 1. The lowest BCUT2D eigenvalue weighted by Gasteiger charge is -2.12. The van der Waals surface area contributed by atoms with E-state index >= 15 is 0 Å². The first-order valence-electron chi connectivity index (χ1n) is 7.91. The molecular weight excluding hydrogens is 402 g/mol. The lowest BCUT2D eigenvalue weighted by Crippen LogP contribution is -2.12. The molecule has 0 saturated carbocycles.